The number of aryl methyl sites for hydroxylation is 1. The van der Waals surface area contributed by atoms with Crippen LogP contribution in [-0.4, -0.2) is 28.8 Å². The van der Waals surface area contributed by atoms with Crippen molar-refractivity contribution in [3.05, 3.63) is 29.6 Å². The topological polar surface area (TPSA) is 63.2 Å². The van der Waals surface area contributed by atoms with Crippen molar-refractivity contribution in [1.29, 1.82) is 0 Å². The highest BCUT2D eigenvalue weighted by Gasteiger charge is 2.34. The minimum atomic E-state index is -0.466. The molecule has 128 valence electrons. The van der Waals surface area contributed by atoms with Crippen molar-refractivity contribution in [2.24, 2.45) is 0 Å². The molecule has 2 rings (SSSR count). The van der Waals surface area contributed by atoms with Gasteiger partial charge in [-0.05, 0) is 52.2 Å². The Morgan fingerprint density at radius 2 is 2.00 bits per heavy atom. The first-order valence-corrected chi connectivity index (χ1v) is 8.41. The summed E-state index contributed by atoms with van der Waals surface area (Å²) in [6, 6.07) is 4.12. The van der Waals surface area contributed by atoms with Gasteiger partial charge in [0, 0.05) is 24.8 Å². The average molecular weight is 319 g/mol. The molecule has 1 aromatic rings. The molecule has 2 N–H and O–H groups in total. The van der Waals surface area contributed by atoms with Gasteiger partial charge in [-0.25, -0.2) is 4.79 Å². The number of nitrogens with zero attached hydrogens (tertiary/aromatic N) is 1. The first-order chi connectivity index (χ1) is 10.8. The van der Waals surface area contributed by atoms with Crippen molar-refractivity contribution in [3.8, 4) is 0 Å². The maximum absolute atomic E-state index is 11.9. The Morgan fingerprint density at radius 1 is 1.30 bits per heavy atom. The average Bonchev–Trinajstić information content (AvgIpc) is 2.92. The van der Waals surface area contributed by atoms with Crippen LogP contribution in [0.25, 0.3) is 0 Å². The number of hydrogen-bond acceptors (Lipinski definition) is 4. The Bertz CT molecular complexity index is 514. The van der Waals surface area contributed by atoms with Crippen molar-refractivity contribution in [2.45, 2.75) is 71.1 Å². The normalized spacial score (nSPS) is 17.0. The first-order valence-electron chi connectivity index (χ1n) is 8.41. The Labute approximate surface area is 139 Å². The molecule has 1 amide bonds. The molecule has 0 bridgehead atoms. The van der Waals surface area contributed by atoms with Gasteiger partial charge in [0.15, 0.2) is 0 Å². The minimum absolute atomic E-state index is 0.0521. The van der Waals surface area contributed by atoms with Gasteiger partial charge in [0.05, 0.1) is 5.69 Å². The fraction of sp³-hybridized carbons (Fsp3) is 0.667. The molecule has 1 heterocycles. The summed E-state index contributed by atoms with van der Waals surface area (Å²) in [5.41, 5.74) is 1.67. The summed E-state index contributed by atoms with van der Waals surface area (Å²) in [5, 5.41) is 6.54. The van der Waals surface area contributed by atoms with Crippen LogP contribution in [0.4, 0.5) is 4.79 Å². The second kappa shape index (κ2) is 7.30. The number of hydrogen-bond donors (Lipinski definition) is 2. The molecule has 1 fully saturated rings. The van der Waals surface area contributed by atoms with Gasteiger partial charge in [-0.15, -0.1) is 0 Å². The van der Waals surface area contributed by atoms with Crippen molar-refractivity contribution in [1.82, 2.24) is 15.6 Å². The molecule has 0 radical (unpaired) electrons. The lowest BCUT2D eigenvalue weighted by Gasteiger charge is -2.31. The summed E-state index contributed by atoms with van der Waals surface area (Å²) < 4.78 is 5.33. The van der Waals surface area contributed by atoms with E-state index < -0.39 is 5.60 Å². The molecular formula is C18H29N3O2. The molecule has 0 aliphatic heterocycles. The third-order valence-electron chi connectivity index (χ3n) is 4.15. The number of ether oxygens (including phenoxy) is 1. The van der Waals surface area contributed by atoms with E-state index in [1.54, 1.807) is 0 Å². The number of nitrogens with one attached hydrogen (secondary N) is 2. The molecule has 0 spiro atoms. The highest BCUT2D eigenvalue weighted by Crippen LogP contribution is 2.29. The molecule has 0 saturated heterocycles. The van der Waals surface area contributed by atoms with Crippen molar-refractivity contribution >= 4 is 6.09 Å². The fourth-order valence-corrected chi connectivity index (χ4v) is 2.90. The fourth-order valence-electron chi connectivity index (χ4n) is 2.90. The molecule has 5 nitrogen and oxygen atoms in total. The second-order valence-corrected chi connectivity index (χ2v) is 7.52. The number of aromatic nitrogens is 1. The Morgan fingerprint density at radius 3 is 2.57 bits per heavy atom. The lowest BCUT2D eigenvalue weighted by Crippen LogP contribution is -2.52. The van der Waals surface area contributed by atoms with Gasteiger partial charge in [0.1, 0.15) is 5.60 Å². The first kappa shape index (κ1) is 17.7. The molecule has 0 unspecified atom stereocenters. The molecule has 0 aromatic carbocycles. The van der Waals surface area contributed by atoms with Crippen LogP contribution < -0.4 is 10.6 Å². The van der Waals surface area contributed by atoms with Gasteiger partial charge in [-0.2, -0.15) is 0 Å². The van der Waals surface area contributed by atoms with Gasteiger partial charge in [-0.3, -0.25) is 4.98 Å². The number of pyridine rings is 1. The molecule has 1 aromatic heterocycles. The van der Waals surface area contributed by atoms with Crippen LogP contribution in [0, 0.1) is 6.92 Å². The molecule has 1 aliphatic rings. The van der Waals surface area contributed by atoms with E-state index in [2.05, 4.69) is 21.7 Å². The van der Waals surface area contributed by atoms with E-state index in [0.29, 0.717) is 6.54 Å². The molecule has 0 atom stereocenters. The predicted octanol–water partition coefficient (Wildman–Crippen LogP) is 3.32. The van der Waals surface area contributed by atoms with E-state index in [4.69, 9.17) is 4.74 Å². The van der Waals surface area contributed by atoms with Crippen LogP contribution in [0.5, 0.6) is 0 Å². The second-order valence-electron chi connectivity index (χ2n) is 7.52. The van der Waals surface area contributed by atoms with Crippen LogP contribution in [0.3, 0.4) is 0 Å². The van der Waals surface area contributed by atoms with Crippen LogP contribution in [0.1, 0.15) is 57.7 Å². The van der Waals surface area contributed by atoms with E-state index in [-0.39, 0.29) is 11.6 Å². The third kappa shape index (κ3) is 5.82. The highest BCUT2D eigenvalue weighted by atomic mass is 16.6. The standard InChI is InChI=1S/C18H29N3O2/c1-14-7-8-15(19-11-14)12-21-18(9-5-6-10-18)13-20-16(22)23-17(2,3)4/h7-8,11,21H,5-6,9-10,12-13H2,1-4H3,(H,20,22). The molecule has 1 aliphatic carbocycles. The summed E-state index contributed by atoms with van der Waals surface area (Å²) in [6.07, 6.45) is 6.04. The molecule has 5 heteroatoms. The zero-order chi connectivity index (χ0) is 16.9. The van der Waals surface area contributed by atoms with Gasteiger partial charge < -0.3 is 15.4 Å². The molecule has 1 saturated carbocycles. The van der Waals surface area contributed by atoms with Crippen LogP contribution >= 0.6 is 0 Å². The maximum atomic E-state index is 11.9. The number of alkyl carbamates (subject to hydrolysis) is 1. The Kier molecular flexibility index (Phi) is 5.63. The summed E-state index contributed by atoms with van der Waals surface area (Å²) in [7, 11) is 0. The number of amides is 1. The van der Waals surface area contributed by atoms with Gasteiger partial charge >= 0.3 is 6.09 Å². The summed E-state index contributed by atoms with van der Waals surface area (Å²) in [6.45, 7) is 8.97. The van der Waals surface area contributed by atoms with Crippen LogP contribution in [-0.2, 0) is 11.3 Å². The van der Waals surface area contributed by atoms with Crippen molar-refractivity contribution in [2.75, 3.05) is 6.54 Å². The quantitative estimate of drug-likeness (QED) is 0.874. The summed E-state index contributed by atoms with van der Waals surface area (Å²) >= 11 is 0. The number of rotatable bonds is 5. The maximum Gasteiger partial charge on any atom is 0.407 e. The number of carbonyl (C=O) groups excluding carboxylic acids is 1. The smallest absolute Gasteiger partial charge is 0.407 e. The summed E-state index contributed by atoms with van der Waals surface area (Å²) in [5.74, 6) is 0. The van der Waals surface area contributed by atoms with Gasteiger partial charge in [-0.1, -0.05) is 18.9 Å². The highest BCUT2D eigenvalue weighted by molar-refractivity contribution is 5.67. The van der Waals surface area contributed by atoms with E-state index in [1.807, 2.05) is 40.0 Å². The Balaban J connectivity index is 1.88. The van der Waals surface area contributed by atoms with E-state index in [9.17, 15) is 4.79 Å². The van der Waals surface area contributed by atoms with Crippen LogP contribution in [0.15, 0.2) is 18.3 Å². The Hall–Kier alpha value is -1.62. The SMILES string of the molecule is Cc1ccc(CNC2(CNC(=O)OC(C)(C)C)CCCC2)nc1. The van der Waals surface area contributed by atoms with Gasteiger partial charge in [0.25, 0.3) is 0 Å². The van der Waals surface area contributed by atoms with Crippen LogP contribution in [0.2, 0.25) is 0 Å². The zero-order valence-electron chi connectivity index (χ0n) is 14.7. The summed E-state index contributed by atoms with van der Waals surface area (Å²) in [4.78, 5) is 16.3. The van der Waals surface area contributed by atoms with Crippen molar-refractivity contribution < 1.29 is 9.53 Å². The van der Waals surface area contributed by atoms with E-state index in [0.717, 1.165) is 30.6 Å². The molecular weight excluding hydrogens is 290 g/mol. The lowest BCUT2D eigenvalue weighted by molar-refractivity contribution is 0.0509. The van der Waals surface area contributed by atoms with E-state index in [1.165, 1.54) is 12.8 Å². The van der Waals surface area contributed by atoms with Crippen molar-refractivity contribution in [3.63, 3.8) is 0 Å². The lowest BCUT2D eigenvalue weighted by atomic mass is 9.97. The minimum Gasteiger partial charge on any atom is -0.444 e. The molecule has 23 heavy (non-hydrogen) atoms. The number of carbonyl (C=O) groups is 1. The third-order valence-corrected chi connectivity index (χ3v) is 4.15. The van der Waals surface area contributed by atoms with E-state index >= 15 is 0 Å². The monoisotopic (exact) mass is 319 g/mol. The zero-order valence-corrected chi connectivity index (χ0v) is 14.7. The predicted molar refractivity (Wildman–Crippen MR) is 91.2 cm³/mol. The largest absolute Gasteiger partial charge is 0.444 e. The van der Waals surface area contributed by atoms with Gasteiger partial charge in [0.2, 0.25) is 0 Å².